The van der Waals surface area contributed by atoms with Crippen LogP contribution >= 0.6 is 0 Å². The first kappa shape index (κ1) is 14.2. The minimum atomic E-state index is 0.359. The lowest BCUT2D eigenvalue weighted by Crippen LogP contribution is -2.49. The van der Waals surface area contributed by atoms with E-state index in [4.69, 9.17) is 0 Å². The Bertz CT molecular complexity index is 667. The number of anilines is 4. The average Bonchev–Trinajstić information content (AvgIpc) is 2.97. The van der Waals surface area contributed by atoms with Crippen LogP contribution in [0.5, 0.6) is 0 Å². The molecule has 0 aromatic heterocycles. The van der Waals surface area contributed by atoms with Gasteiger partial charge in [-0.2, -0.15) is 0 Å². The summed E-state index contributed by atoms with van der Waals surface area (Å²) in [6.45, 7) is 5.44. The maximum atomic E-state index is 2.49. The first-order chi connectivity index (χ1) is 11.1. The van der Waals surface area contributed by atoms with Crippen LogP contribution in [0.4, 0.5) is 22.7 Å². The van der Waals surface area contributed by atoms with Crippen LogP contribution in [0.1, 0.15) is 13.8 Å². The molecule has 2 unspecified atom stereocenters. The lowest BCUT2D eigenvalue weighted by Gasteiger charge is -2.35. The molecule has 2 atom stereocenters. The Balaban J connectivity index is 1.69. The first-order valence-electron chi connectivity index (χ1n) is 8.26. The molecular formula is C19H24N4. The fourth-order valence-corrected chi connectivity index (χ4v) is 3.79. The fourth-order valence-electron chi connectivity index (χ4n) is 3.79. The standard InChI is InChI=1S/C19H24N4/c1-14-20(3)16-9-5-7-11-18(16)22(14)13-23-15(2)21(4)17-10-6-8-12-19(17)23/h5-12,14-15H,13H2,1-4H3. The molecule has 2 aliphatic heterocycles. The smallest absolute Gasteiger partial charge is 0.100 e. The van der Waals surface area contributed by atoms with Crippen LogP contribution in [-0.2, 0) is 0 Å². The Morgan fingerprint density at radius 3 is 1.39 bits per heavy atom. The number of benzene rings is 2. The number of hydrogen-bond acceptors (Lipinski definition) is 4. The van der Waals surface area contributed by atoms with Crippen molar-refractivity contribution >= 4 is 22.7 Å². The molecule has 4 nitrogen and oxygen atoms in total. The van der Waals surface area contributed by atoms with Crippen LogP contribution in [0.3, 0.4) is 0 Å². The summed E-state index contributed by atoms with van der Waals surface area (Å²) in [5, 5.41) is 0. The van der Waals surface area contributed by atoms with Crippen molar-refractivity contribution in [3.8, 4) is 0 Å². The molecule has 0 N–H and O–H groups in total. The van der Waals surface area contributed by atoms with Crippen molar-refractivity contribution in [1.29, 1.82) is 0 Å². The van der Waals surface area contributed by atoms with Gasteiger partial charge in [-0.25, -0.2) is 0 Å². The number of hydrogen-bond donors (Lipinski definition) is 0. The summed E-state index contributed by atoms with van der Waals surface area (Å²) in [6, 6.07) is 17.4. The van der Waals surface area contributed by atoms with Crippen LogP contribution in [0.2, 0.25) is 0 Å². The number of nitrogens with zero attached hydrogens (tertiary/aromatic N) is 4. The lowest BCUT2D eigenvalue weighted by atomic mass is 10.2. The summed E-state index contributed by atoms with van der Waals surface area (Å²) < 4.78 is 0. The van der Waals surface area contributed by atoms with E-state index in [1.54, 1.807) is 0 Å². The van der Waals surface area contributed by atoms with Crippen molar-refractivity contribution in [3.05, 3.63) is 48.5 Å². The Hall–Kier alpha value is -2.36. The van der Waals surface area contributed by atoms with Crippen molar-refractivity contribution in [1.82, 2.24) is 0 Å². The third-order valence-corrected chi connectivity index (χ3v) is 5.47. The zero-order valence-electron chi connectivity index (χ0n) is 14.3. The van der Waals surface area contributed by atoms with Gasteiger partial charge in [0.15, 0.2) is 0 Å². The van der Waals surface area contributed by atoms with E-state index in [9.17, 15) is 0 Å². The maximum absolute atomic E-state index is 2.49. The van der Waals surface area contributed by atoms with E-state index in [2.05, 4.69) is 96.1 Å². The monoisotopic (exact) mass is 308 g/mol. The van der Waals surface area contributed by atoms with Crippen molar-refractivity contribution in [2.24, 2.45) is 0 Å². The number of para-hydroxylation sites is 4. The first-order valence-corrected chi connectivity index (χ1v) is 8.26. The zero-order valence-corrected chi connectivity index (χ0v) is 14.3. The Morgan fingerprint density at radius 2 is 1.00 bits per heavy atom. The quantitative estimate of drug-likeness (QED) is 0.841. The molecule has 0 fully saturated rings. The van der Waals surface area contributed by atoms with Crippen molar-refractivity contribution in [2.75, 3.05) is 40.4 Å². The predicted molar refractivity (Wildman–Crippen MR) is 98.4 cm³/mol. The van der Waals surface area contributed by atoms with Crippen LogP contribution in [0.25, 0.3) is 0 Å². The van der Waals surface area contributed by atoms with Gasteiger partial charge in [0.1, 0.15) is 12.3 Å². The van der Waals surface area contributed by atoms with E-state index in [-0.39, 0.29) is 0 Å². The molecule has 2 aromatic carbocycles. The molecule has 0 spiro atoms. The van der Waals surface area contributed by atoms with Gasteiger partial charge in [0.2, 0.25) is 0 Å². The highest BCUT2D eigenvalue weighted by Gasteiger charge is 2.36. The summed E-state index contributed by atoms with van der Waals surface area (Å²) in [4.78, 5) is 9.68. The molecule has 0 saturated carbocycles. The largest absolute Gasteiger partial charge is 0.353 e. The molecular weight excluding hydrogens is 284 g/mol. The van der Waals surface area contributed by atoms with Gasteiger partial charge in [-0.15, -0.1) is 0 Å². The van der Waals surface area contributed by atoms with E-state index >= 15 is 0 Å². The van der Waals surface area contributed by atoms with Gasteiger partial charge in [-0.05, 0) is 38.1 Å². The number of fused-ring (bicyclic) bond motifs is 2. The van der Waals surface area contributed by atoms with Crippen molar-refractivity contribution < 1.29 is 0 Å². The van der Waals surface area contributed by atoms with Gasteiger partial charge in [-0.3, -0.25) is 0 Å². The third kappa shape index (κ3) is 1.97. The molecule has 0 saturated heterocycles. The van der Waals surface area contributed by atoms with Gasteiger partial charge in [0.05, 0.1) is 29.4 Å². The summed E-state index contributed by atoms with van der Waals surface area (Å²) in [7, 11) is 4.36. The second-order valence-electron chi connectivity index (χ2n) is 6.54. The van der Waals surface area contributed by atoms with E-state index in [0.717, 1.165) is 6.67 Å². The molecule has 0 radical (unpaired) electrons. The third-order valence-electron chi connectivity index (χ3n) is 5.47. The Kier molecular flexibility index (Phi) is 3.15. The van der Waals surface area contributed by atoms with E-state index in [1.807, 2.05) is 0 Å². The molecule has 0 aliphatic carbocycles. The highest BCUT2D eigenvalue weighted by Crippen LogP contribution is 2.42. The van der Waals surface area contributed by atoms with Gasteiger partial charge < -0.3 is 19.6 Å². The van der Waals surface area contributed by atoms with Crippen molar-refractivity contribution in [2.45, 2.75) is 26.2 Å². The maximum Gasteiger partial charge on any atom is 0.100 e. The lowest BCUT2D eigenvalue weighted by molar-refractivity contribution is 0.593. The second kappa shape index (κ2) is 5.08. The van der Waals surface area contributed by atoms with Gasteiger partial charge in [0.25, 0.3) is 0 Å². The minimum absolute atomic E-state index is 0.359. The average molecular weight is 308 g/mol. The van der Waals surface area contributed by atoms with Crippen LogP contribution in [0.15, 0.2) is 48.5 Å². The van der Waals surface area contributed by atoms with Crippen LogP contribution in [0, 0.1) is 0 Å². The van der Waals surface area contributed by atoms with Crippen LogP contribution < -0.4 is 19.6 Å². The molecule has 23 heavy (non-hydrogen) atoms. The van der Waals surface area contributed by atoms with Crippen molar-refractivity contribution in [3.63, 3.8) is 0 Å². The summed E-state index contributed by atoms with van der Waals surface area (Å²) in [5.41, 5.74) is 5.27. The highest BCUT2D eigenvalue weighted by atomic mass is 15.5. The topological polar surface area (TPSA) is 13.0 Å². The van der Waals surface area contributed by atoms with Crippen LogP contribution in [-0.4, -0.2) is 33.1 Å². The van der Waals surface area contributed by atoms with Gasteiger partial charge in [-0.1, -0.05) is 24.3 Å². The summed E-state index contributed by atoms with van der Waals surface area (Å²) >= 11 is 0. The molecule has 2 aliphatic rings. The van der Waals surface area contributed by atoms with E-state index in [1.165, 1.54) is 22.7 Å². The SMILES string of the molecule is CC1N(C)c2ccccc2N1CN1c2ccccc2N(C)C1C. The summed E-state index contributed by atoms with van der Waals surface area (Å²) in [5.74, 6) is 0. The zero-order chi connectivity index (χ0) is 16.1. The minimum Gasteiger partial charge on any atom is -0.353 e. The molecule has 120 valence electrons. The van der Waals surface area contributed by atoms with Gasteiger partial charge >= 0.3 is 0 Å². The molecule has 4 rings (SSSR count). The summed E-state index contributed by atoms with van der Waals surface area (Å²) in [6.07, 6.45) is 0.718. The molecule has 2 heterocycles. The van der Waals surface area contributed by atoms with E-state index in [0.29, 0.717) is 12.3 Å². The molecule has 2 aromatic rings. The Labute approximate surface area is 138 Å². The van der Waals surface area contributed by atoms with E-state index < -0.39 is 0 Å². The highest BCUT2D eigenvalue weighted by molar-refractivity contribution is 5.80. The fraction of sp³-hybridized carbons (Fsp3) is 0.368. The van der Waals surface area contributed by atoms with Gasteiger partial charge in [0, 0.05) is 14.1 Å². The Morgan fingerprint density at radius 1 is 0.652 bits per heavy atom. The molecule has 0 bridgehead atoms. The predicted octanol–water partition coefficient (Wildman–Crippen LogP) is 3.55. The normalized spacial score (nSPS) is 22.6. The second-order valence-corrected chi connectivity index (χ2v) is 6.54. The molecule has 0 amide bonds. The number of rotatable bonds is 2. The molecule has 4 heteroatoms.